The number of aliphatic hydroxyl groups excluding tert-OH is 1. The third kappa shape index (κ3) is 3.69. The average Bonchev–Trinajstić information content (AvgIpc) is 2.42. The minimum absolute atomic E-state index is 0.247. The van der Waals surface area contributed by atoms with Gasteiger partial charge in [0.05, 0.1) is 19.3 Å². The lowest BCUT2D eigenvalue weighted by molar-refractivity contribution is -0.0612. The van der Waals surface area contributed by atoms with Crippen molar-refractivity contribution in [2.24, 2.45) is 0 Å². The van der Waals surface area contributed by atoms with Gasteiger partial charge in [-0.05, 0) is 31.5 Å². The zero-order chi connectivity index (χ0) is 13.9. The number of halogens is 1. The van der Waals surface area contributed by atoms with E-state index in [1.807, 2.05) is 24.3 Å². The quantitative estimate of drug-likeness (QED) is 0.921. The van der Waals surface area contributed by atoms with Crippen molar-refractivity contribution >= 4 is 11.6 Å². The Hall–Kier alpha value is -0.610. The molecule has 2 rings (SSSR count). The van der Waals surface area contributed by atoms with Crippen molar-refractivity contribution in [1.82, 2.24) is 4.90 Å². The number of aliphatic hydroxyl groups is 1. The summed E-state index contributed by atoms with van der Waals surface area (Å²) in [5, 5.41) is 11.3. The Morgan fingerprint density at radius 3 is 2.42 bits per heavy atom. The second-order valence-electron chi connectivity index (χ2n) is 5.60. The van der Waals surface area contributed by atoms with E-state index in [-0.39, 0.29) is 5.54 Å². The summed E-state index contributed by atoms with van der Waals surface area (Å²) in [5.74, 6) is 0. The highest BCUT2D eigenvalue weighted by molar-refractivity contribution is 6.30. The van der Waals surface area contributed by atoms with Crippen LogP contribution < -0.4 is 0 Å². The van der Waals surface area contributed by atoms with Crippen molar-refractivity contribution in [3.05, 3.63) is 34.9 Å². The summed E-state index contributed by atoms with van der Waals surface area (Å²) >= 11 is 5.88. The Morgan fingerprint density at radius 2 is 1.84 bits per heavy atom. The summed E-state index contributed by atoms with van der Waals surface area (Å²) in [6.07, 6.45) is 0.230. The number of hydrogen-bond acceptors (Lipinski definition) is 3. The normalized spacial score (nSPS) is 19.4. The molecule has 0 aliphatic carbocycles. The number of hydrogen-bond donors (Lipinski definition) is 1. The summed E-state index contributed by atoms with van der Waals surface area (Å²) in [6.45, 7) is 7.45. The highest BCUT2D eigenvalue weighted by atomic mass is 35.5. The Morgan fingerprint density at radius 1 is 1.26 bits per heavy atom. The molecule has 1 aromatic rings. The van der Waals surface area contributed by atoms with Crippen LogP contribution in [0.15, 0.2) is 24.3 Å². The topological polar surface area (TPSA) is 32.7 Å². The highest BCUT2D eigenvalue weighted by Crippen LogP contribution is 2.23. The molecule has 0 spiro atoms. The van der Waals surface area contributed by atoms with Crippen LogP contribution >= 0.6 is 11.6 Å². The van der Waals surface area contributed by atoms with Gasteiger partial charge in [0, 0.05) is 30.1 Å². The summed E-state index contributed by atoms with van der Waals surface area (Å²) in [5.41, 5.74) is 0.863. The smallest absolute Gasteiger partial charge is 0.0758 e. The van der Waals surface area contributed by atoms with Crippen molar-refractivity contribution in [3.63, 3.8) is 0 Å². The fourth-order valence-electron chi connectivity index (χ4n) is 2.44. The molecule has 1 saturated heterocycles. The van der Waals surface area contributed by atoms with Gasteiger partial charge in [0.2, 0.25) is 0 Å². The molecule has 106 valence electrons. The molecule has 1 aromatic carbocycles. The molecular formula is C15H22ClNO2. The zero-order valence-electron chi connectivity index (χ0n) is 11.6. The van der Waals surface area contributed by atoms with E-state index in [0.29, 0.717) is 6.42 Å². The summed E-state index contributed by atoms with van der Waals surface area (Å²) in [7, 11) is 0. The maximum atomic E-state index is 10.5. The Labute approximate surface area is 120 Å². The first-order valence-corrected chi connectivity index (χ1v) is 7.13. The lowest BCUT2D eigenvalue weighted by Gasteiger charge is -2.43. The molecule has 1 heterocycles. The molecule has 0 aromatic heterocycles. The molecule has 1 aliphatic rings. The highest BCUT2D eigenvalue weighted by Gasteiger charge is 2.35. The molecule has 1 fully saturated rings. The third-order valence-electron chi connectivity index (χ3n) is 3.98. The maximum absolute atomic E-state index is 10.5. The van der Waals surface area contributed by atoms with Crippen molar-refractivity contribution in [1.29, 1.82) is 0 Å². The monoisotopic (exact) mass is 283 g/mol. The SMILES string of the molecule is CC(C)(C(O)Cc1ccc(Cl)cc1)N1CCOCC1. The Balaban J connectivity index is 2.00. The minimum atomic E-state index is -0.410. The van der Waals surface area contributed by atoms with E-state index in [2.05, 4.69) is 18.7 Å². The van der Waals surface area contributed by atoms with Gasteiger partial charge in [0.15, 0.2) is 0 Å². The number of morpholine rings is 1. The van der Waals surface area contributed by atoms with Crippen LogP contribution in [0.1, 0.15) is 19.4 Å². The first-order valence-electron chi connectivity index (χ1n) is 6.75. The first kappa shape index (κ1) is 14.8. The van der Waals surface area contributed by atoms with E-state index in [1.165, 1.54) is 0 Å². The molecule has 1 aliphatic heterocycles. The van der Waals surface area contributed by atoms with Crippen molar-refractivity contribution in [2.45, 2.75) is 31.9 Å². The van der Waals surface area contributed by atoms with Crippen LogP contribution in [0.4, 0.5) is 0 Å². The van der Waals surface area contributed by atoms with E-state index < -0.39 is 6.10 Å². The standard InChI is InChI=1S/C15H22ClNO2/c1-15(2,17-7-9-19-10-8-17)14(18)11-12-3-5-13(16)6-4-12/h3-6,14,18H,7-11H2,1-2H3. The van der Waals surface area contributed by atoms with Gasteiger partial charge in [-0.3, -0.25) is 4.90 Å². The second-order valence-corrected chi connectivity index (χ2v) is 6.04. The first-order chi connectivity index (χ1) is 9.00. The van der Waals surface area contributed by atoms with Crippen LogP contribution in [0.3, 0.4) is 0 Å². The molecule has 0 bridgehead atoms. The fourth-order valence-corrected chi connectivity index (χ4v) is 2.57. The van der Waals surface area contributed by atoms with E-state index >= 15 is 0 Å². The zero-order valence-corrected chi connectivity index (χ0v) is 12.4. The van der Waals surface area contributed by atoms with E-state index in [9.17, 15) is 5.11 Å². The lowest BCUT2D eigenvalue weighted by Crippen LogP contribution is -2.56. The number of nitrogens with zero attached hydrogens (tertiary/aromatic N) is 1. The molecule has 19 heavy (non-hydrogen) atoms. The van der Waals surface area contributed by atoms with Gasteiger partial charge in [-0.2, -0.15) is 0 Å². The maximum Gasteiger partial charge on any atom is 0.0758 e. The Kier molecular flexibility index (Phi) is 4.85. The van der Waals surface area contributed by atoms with Crippen molar-refractivity contribution in [2.75, 3.05) is 26.3 Å². The van der Waals surface area contributed by atoms with Crippen molar-refractivity contribution in [3.8, 4) is 0 Å². The van der Waals surface area contributed by atoms with Crippen LogP contribution in [-0.4, -0.2) is 48.0 Å². The second kappa shape index (κ2) is 6.23. The molecule has 1 N–H and O–H groups in total. The van der Waals surface area contributed by atoms with E-state index in [0.717, 1.165) is 36.9 Å². The Bertz CT molecular complexity index is 399. The van der Waals surface area contributed by atoms with E-state index in [4.69, 9.17) is 16.3 Å². The average molecular weight is 284 g/mol. The molecule has 0 radical (unpaired) electrons. The molecule has 3 nitrogen and oxygen atoms in total. The molecule has 0 amide bonds. The van der Waals surface area contributed by atoms with Crippen LogP contribution in [-0.2, 0) is 11.2 Å². The molecule has 1 atom stereocenters. The number of ether oxygens (including phenoxy) is 1. The van der Waals surface area contributed by atoms with Crippen LogP contribution in [0.2, 0.25) is 5.02 Å². The lowest BCUT2D eigenvalue weighted by atomic mass is 9.89. The minimum Gasteiger partial charge on any atom is -0.391 e. The molecule has 1 unspecified atom stereocenters. The largest absolute Gasteiger partial charge is 0.391 e. The predicted molar refractivity (Wildman–Crippen MR) is 77.6 cm³/mol. The summed E-state index contributed by atoms with van der Waals surface area (Å²) < 4.78 is 5.37. The van der Waals surface area contributed by atoms with Gasteiger partial charge in [-0.1, -0.05) is 23.7 Å². The number of rotatable bonds is 4. The van der Waals surface area contributed by atoms with Crippen molar-refractivity contribution < 1.29 is 9.84 Å². The van der Waals surface area contributed by atoms with Gasteiger partial charge in [-0.25, -0.2) is 0 Å². The van der Waals surface area contributed by atoms with Gasteiger partial charge in [0.1, 0.15) is 0 Å². The van der Waals surface area contributed by atoms with Crippen LogP contribution in [0, 0.1) is 0 Å². The van der Waals surface area contributed by atoms with Gasteiger partial charge >= 0.3 is 0 Å². The third-order valence-corrected chi connectivity index (χ3v) is 4.24. The van der Waals surface area contributed by atoms with E-state index in [1.54, 1.807) is 0 Å². The molecule has 0 saturated carbocycles. The molecular weight excluding hydrogens is 262 g/mol. The molecule has 4 heteroatoms. The van der Waals surface area contributed by atoms with Gasteiger partial charge in [0.25, 0.3) is 0 Å². The van der Waals surface area contributed by atoms with Crippen LogP contribution in [0.25, 0.3) is 0 Å². The number of benzene rings is 1. The summed E-state index contributed by atoms with van der Waals surface area (Å²) in [6, 6.07) is 7.68. The predicted octanol–water partition coefficient (Wildman–Crippen LogP) is 2.35. The summed E-state index contributed by atoms with van der Waals surface area (Å²) in [4.78, 5) is 2.30. The fraction of sp³-hybridized carbons (Fsp3) is 0.600. The van der Waals surface area contributed by atoms with Gasteiger partial charge < -0.3 is 9.84 Å². The van der Waals surface area contributed by atoms with Gasteiger partial charge in [-0.15, -0.1) is 0 Å². The van der Waals surface area contributed by atoms with Crippen LogP contribution in [0.5, 0.6) is 0 Å².